The van der Waals surface area contributed by atoms with Gasteiger partial charge >= 0.3 is 0 Å². The molecule has 1 aliphatic carbocycles. The first-order chi connectivity index (χ1) is 12.4. The van der Waals surface area contributed by atoms with Gasteiger partial charge in [-0.3, -0.25) is 0 Å². The fourth-order valence-electron chi connectivity index (χ4n) is 4.46. The Kier molecular flexibility index (Phi) is 7.55. The van der Waals surface area contributed by atoms with Crippen LogP contribution in [0.25, 0.3) is 6.08 Å². The van der Waals surface area contributed by atoms with E-state index in [0.717, 1.165) is 18.6 Å². The van der Waals surface area contributed by atoms with Crippen LogP contribution < -0.4 is 0 Å². The Labute approximate surface area is 162 Å². The summed E-state index contributed by atoms with van der Waals surface area (Å²) >= 11 is 0. The zero-order valence-electron chi connectivity index (χ0n) is 17.5. The molecule has 1 aromatic carbocycles. The molecule has 0 aliphatic heterocycles. The highest BCUT2D eigenvalue weighted by Gasteiger charge is 2.47. The van der Waals surface area contributed by atoms with Crippen LogP contribution in [-0.4, -0.2) is 8.32 Å². The Morgan fingerprint density at radius 1 is 0.962 bits per heavy atom. The third kappa shape index (κ3) is 4.81. The predicted molar refractivity (Wildman–Crippen MR) is 117 cm³/mol. The molecule has 1 nitrogen and oxygen atoms in total. The molecule has 0 fully saturated rings. The van der Waals surface area contributed by atoms with E-state index in [1.165, 1.54) is 24.0 Å². The van der Waals surface area contributed by atoms with E-state index in [2.05, 4.69) is 89.8 Å². The summed E-state index contributed by atoms with van der Waals surface area (Å²) in [6.07, 6.45) is 9.29. The van der Waals surface area contributed by atoms with Gasteiger partial charge < -0.3 is 4.43 Å². The van der Waals surface area contributed by atoms with Gasteiger partial charge in [-0.25, -0.2) is 0 Å². The van der Waals surface area contributed by atoms with Gasteiger partial charge in [0.05, 0.1) is 0 Å². The normalized spacial score (nSPS) is 15.0. The fourth-order valence-corrected chi connectivity index (χ4v) is 9.71. The summed E-state index contributed by atoms with van der Waals surface area (Å²) in [6, 6.07) is 10.4. The number of hydrogen-bond donors (Lipinski definition) is 0. The van der Waals surface area contributed by atoms with E-state index in [-0.39, 0.29) is 0 Å². The predicted octanol–water partition coefficient (Wildman–Crippen LogP) is 7.88. The molecular weight excluding hydrogens is 332 g/mol. The average Bonchev–Trinajstić information content (AvgIpc) is 2.62. The van der Waals surface area contributed by atoms with Crippen molar-refractivity contribution in [3.63, 3.8) is 0 Å². The molecule has 0 bridgehead atoms. The highest BCUT2D eigenvalue weighted by Crippen LogP contribution is 2.44. The number of allylic oxidation sites excluding steroid dienone is 2. The standard InChI is InChI=1S/C24H36OSi/c1-19(2)26(20(3)4,21(5)6)25-24(23-15-11-8-12-16-23)18-17-22-13-9-7-10-14-22/h7,9-10,13-15,17,19-21H,8,11-12,16H2,1-6H3. The van der Waals surface area contributed by atoms with Crippen LogP contribution in [0.5, 0.6) is 0 Å². The maximum atomic E-state index is 7.03. The van der Waals surface area contributed by atoms with Crippen molar-refractivity contribution in [2.45, 2.75) is 83.8 Å². The molecule has 0 amide bonds. The van der Waals surface area contributed by atoms with Crippen LogP contribution in [0.1, 0.15) is 72.8 Å². The molecule has 1 aromatic rings. The summed E-state index contributed by atoms with van der Waals surface area (Å²) in [4.78, 5) is 0. The second-order valence-electron chi connectivity index (χ2n) is 8.42. The van der Waals surface area contributed by atoms with Gasteiger partial charge in [-0.1, -0.05) is 83.7 Å². The van der Waals surface area contributed by atoms with Crippen LogP contribution in [-0.2, 0) is 4.43 Å². The monoisotopic (exact) mass is 368 g/mol. The van der Waals surface area contributed by atoms with Gasteiger partial charge in [0.25, 0.3) is 8.32 Å². The molecule has 0 saturated carbocycles. The van der Waals surface area contributed by atoms with Crippen molar-refractivity contribution in [2.75, 3.05) is 0 Å². The van der Waals surface area contributed by atoms with Gasteiger partial charge in [-0.05, 0) is 59.5 Å². The van der Waals surface area contributed by atoms with Crippen LogP contribution in [0.15, 0.2) is 53.5 Å². The molecule has 0 spiro atoms. The second kappa shape index (κ2) is 9.44. The lowest BCUT2D eigenvalue weighted by Gasteiger charge is -2.43. The first kappa shape index (κ1) is 20.8. The lowest BCUT2D eigenvalue weighted by Crippen LogP contribution is -2.47. The molecule has 0 heterocycles. The Morgan fingerprint density at radius 2 is 1.58 bits per heavy atom. The molecule has 0 N–H and O–H groups in total. The van der Waals surface area contributed by atoms with Crippen molar-refractivity contribution in [1.29, 1.82) is 0 Å². The Hall–Kier alpha value is -1.50. The van der Waals surface area contributed by atoms with Crippen molar-refractivity contribution >= 4 is 14.4 Å². The molecule has 0 atom stereocenters. The van der Waals surface area contributed by atoms with Crippen LogP contribution in [0.4, 0.5) is 0 Å². The topological polar surface area (TPSA) is 9.23 Å². The highest BCUT2D eigenvalue weighted by atomic mass is 28.4. The Balaban J connectivity index is 2.49. The van der Waals surface area contributed by atoms with E-state index in [1.807, 2.05) is 0 Å². The number of rotatable bonds is 7. The third-order valence-corrected chi connectivity index (χ3v) is 11.7. The summed E-state index contributed by atoms with van der Waals surface area (Å²) in [7, 11) is -1.97. The van der Waals surface area contributed by atoms with Crippen LogP contribution in [0, 0.1) is 0 Å². The first-order valence-corrected chi connectivity index (χ1v) is 12.4. The van der Waals surface area contributed by atoms with E-state index in [4.69, 9.17) is 4.43 Å². The molecule has 26 heavy (non-hydrogen) atoms. The van der Waals surface area contributed by atoms with Crippen LogP contribution in [0.2, 0.25) is 16.6 Å². The maximum Gasteiger partial charge on any atom is 0.259 e. The molecule has 0 radical (unpaired) electrons. The van der Waals surface area contributed by atoms with Gasteiger partial charge in [0, 0.05) is 0 Å². The van der Waals surface area contributed by atoms with E-state index in [9.17, 15) is 0 Å². The molecule has 0 unspecified atom stereocenters. The summed E-state index contributed by atoms with van der Waals surface area (Å²) in [6.45, 7) is 14.1. The summed E-state index contributed by atoms with van der Waals surface area (Å²) < 4.78 is 7.03. The third-order valence-electron chi connectivity index (χ3n) is 5.74. The van der Waals surface area contributed by atoms with Gasteiger partial charge in [0.15, 0.2) is 5.76 Å². The van der Waals surface area contributed by atoms with Gasteiger partial charge in [-0.2, -0.15) is 0 Å². The lowest BCUT2D eigenvalue weighted by molar-refractivity contribution is 0.375. The van der Waals surface area contributed by atoms with Crippen molar-refractivity contribution < 1.29 is 4.43 Å². The largest absolute Gasteiger partial charge is 0.537 e. The molecular formula is C24H36OSi. The Morgan fingerprint density at radius 3 is 2.08 bits per heavy atom. The minimum atomic E-state index is -1.97. The summed E-state index contributed by atoms with van der Waals surface area (Å²) in [5, 5.41) is 0. The molecule has 0 saturated heterocycles. The maximum absolute atomic E-state index is 7.03. The lowest BCUT2D eigenvalue weighted by atomic mass is 9.98. The quantitative estimate of drug-likeness (QED) is 0.270. The SMILES string of the molecule is CC(C)[Si](OC(=C=Cc1ccccc1)C1=CCCCC1)(C(C)C)C(C)C. The summed E-state index contributed by atoms with van der Waals surface area (Å²) in [5.74, 6) is 1.01. The van der Waals surface area contributed by atoms with Gasteiger partial charge in [0.1, 0.15) is 0 Å². The van der Waals surface area contributed by atoms with E-state index in [1.54, 1.807) is 0 Å². The first-order valence-electron chi connectivity index (χ1n) is 10.3. The van der Waals surface area contributed by atoms with E-state index < -0.39 is 8.32 Å². The van der Waals surface area contributed by atoms with Crippen molar-refractivity contribution in [3.8, 4) is 0 Å². The van der Waals surface area contributed by atoms with Crippen LogP contribution >= 0.6 is 0 Å². The molecule has 2 heteroatoms. The fraction of sp³-hybridized carbons (Fsp3) is 0.542. The second-order valence-corrected chi connectivity index (χ2v) is 13.8. The van der Waals surface area contributed by atoms with Crippen molar-refractivity contribution in [3.05, 3.63) is 59.0 Å². The molecule has 2 rings (SSSR count). The van der Waals surface area contributed by atoms with Gasteiger partial charge in [-0.15, -0.1) is 0 Å². The Bertz CT molecular complexity index is 639. The van der Waals surface area contributed by atoms with Gasteiger partial charge in [0.2, 0.25) is 0 Å². The minimum absolute atomic E-state index is 0.570. The number of benzene rings is 1. The highest BCUT2D eigenvalue weighted by molar-refractivity contribution is 6.77. The van der Waals surface area contributed by atoms with E-state index >= 15 is 0 Å². The zero-order chi connectivity index (χ0) is 19.2. The van der Waals surface area contributed by atoms with Crippen molar-refractivity contribution in [1.82, 2.24) is 0 Å². The molecule has 0 aromatic heterocycles. The molecule has 1 aliphatic rings. The zero-order valence-corrected chi connectivity index (χ0v) is 18.5. The summed E-state index contributed by atoms with van der Waals surface area (Å²) in [5.41, 5.74) is 7.81. The van der Waals surface area contributed by atoms with Crippen LogP contribution in [0.3, 0.4) is 0 Å². The smallest absolute Gasteiger partial charge is 0.259 e. The van der Waals surface area contributed by atoms with Crippen molar-refractivity contribution in [2.24, 2.45) is 0 Å². The number of hydrogen-bond acceptors (Lipinski definition) is 1. The molecule has 142 valence electrons. The van der Waals surface area contributed by atoms with E-state index in [0.29, 0.717) is 16.6 Å². The minimum Gasteiger partial charge on any atom is -0.537 e. The average molecular weight is 369 g/mol.